The molecule has 0 saturated heterocycles. The first-order valence-corrected chi connectivity index (χ1v) is 11.5. The highest BCUT2D eigenvalue weighted by molar-refractivity contribution is 7.17. The van der Waals surface area contributed by atoms with Gasteiger partial charge in [0.25, 0.3) is 5.56 Å². The second-order valence-electron chi connectivity index (χ2n) is 7.51. The lowest BCUT2D eigenvalue weighted by atomic mass is 10.1. The van der Waals surface area contributed by atoms with E-state index in [1.54, 1.807) is 12.1 Å². The minimum atomic E-state index is -0.289. The molecular formula is C25H26FN3OS. The summed E-state index contributed by atoms with van der Waals surface area (Å²) in [4.78, 5) is 21.6. The Balaban J connectivity index is 1.82. The van der Waals surface area contributed by atoms with Gasteiger partial charge in [-0.3, -0.25) is 9.36 Å². The number of thiophene rings is 1. The Bertz CT molecular complexity index is 1210. The molecule has 0 amide bonds. The lowest BCUT2D eigenvalue weighted by molar-refractivity contribution is 0.287. The van der Waals surface area contributed by atoms with Crippen molar-refractivity contribution in [2.75, 3.05) is 19.6 Å². The van der Waals surface area contributed by atoms with E-state index in [-0.39, 0.29) is 11.4 Å². The molecule has 0 unspecified atom stereocenters. The van der Waals surface area contributed by atoms with Crippen LogP contribution in [0, 0.1) is 5.82 Å². The molecule has 0 aliphatic rings. The highest BCUT2D eigenvalue weighted by Crippen LogP contribution is 2.31. The van der Waals surface area contributed by atoms with Crippen molar-refractivity contribution in [2.45, 2.75) is 26.8 Å². The molecule has 0 fully saturated rings. The van der Waals surface area contributed by atoms with Gasteiger partial charge in [0.15, 0.2) is 0 Å². The summed E-state index contributed by atoms with van der Waals surface area (Å²) in [5.74, 6) is 0.492. The third-order valence-corrected chi connectivity index (χ3v) is 6.54. The maximum Gasteiger partial charge on any atom is 0.262 e. The normalized spacial score (nSPS) is 11.5. The first kappa shape index (κ1) is 21.4. The third kappa shape index (κ3) is 4.60. The van der Waals surface area contributed by atoms with Crippen molar-refractivity contribution in [3.8, 4) is 11.1 Å². The summed E-state index contributed by atoms with van der Waals surface area (Å²) in [5.41, 5.74) is 2.75. The quantitative estimate of drug-likeness (QED) is 0.382. The molecule has 4 aromatic rings. The summed E-state index contributed by atoms with van der Waals surface area (Å²) >= 11 is 1.47. The van der Waals surface area contributed by atoms with Crippen LogP contribution >= 0.6 is 11.3 Å². The predicted octanol–water partition coefficient (Wildman–Crippen LogP) is 5.20. The van der Waals surface area contributed by atoms with E-state index < -0.39 is 0 Å². The van der Waals surface area contributed by atoms with E-state index in [0.29, 0.717) is 18.4 Å². The average Bonchev–Trinajstić information content (AvgIpc) is 3.21. The average molecular weight is 436 g/mol. The maximum absolute atomic E-state index is 13.7. The van der Waals surface area contributed by atoms with Crippen molar-refractivity contribution in [3.63, 3.8) is 0 Å². The molecule has 160 valence electrons. The number of fused-ring (bicyclic) bond motifs is 1. The molecule has 31 heavy (non-hydrogen) atoms. The summed E-state index contributed by atoms with van der Waals surface area (Å²) < 4.78 is 15.2. The highest BCUT2D eigenvalue weighted by atomic mass is 32.1. The molecule has 4 rings (SSSR count). The molecule has 0 N–H and O–H groups in total. The van der Waals surface area contributed by atoms with Crippen LogP contribution in [0.2, 0.25) is 0 Å². The lowest BCUT2D eigenvalue weighted by Gasteiger charge is -2.20. The third-order valence-electron chi connectivity index (χ3n) is 5.67. The Hall–Kier alpha value is -2.83. The van der Waals surface area contributed by atoms with Crippen molar-refractivity contribution in [1.82, 2.24) is 14.5 Å². The van der Waals surface area contributed by atoms with Crippen LogP contribution in [0.15, 0.2) is 64.8 Å². The fourth-order valence-corrected chi connectivity index (χ4v) is 4.79. The molecule has 0 spiro atoms. The van der Waals surface area contributed by atoms with Crippen LogP contribution in [0.5, 0.6) is 0 Å². The molecule has 6 heteroatoms. The SMILES string of the molecule is CCN(CC)CCn1c(Cc2ccccc2)nc2scc(-c3ccc(F)cc3)c2c1=O. The maximum atomic E-state index is 13.7. The second kappa shape index (κ2) is 9.54. The van der Waals surface area contributed by atoms with Crippen molar-refractivity contribution in [3.05, 3.63) is 87.5 Å². The van der Waals surface area contributed by atoms with Crippen molar-refractivity contribution >= 4 is 21.6 Å². The van der Waals surface area contributed by atoms with Crippen LogP contribution in [0.25, 0.3) is 21.3 Å². The van der Waals surface area contributed by atoms with E-state index >= 15 is 0 Å². The Morgan fingerprint density at radius 3 is 2.42 bits per heavy atom. The molecule has 0 bridgehead atoms. The molecule has 0 radical (unpaired) electrons. The van der Waals surface area contributed by atoms with Gasteiger partial charge in [0, 0.05) is 30.5 Å². The monoisotopic (exact) mass is 435 g/mol. The van der Waals surface area contributed by atoms with E-state index in [1.807, 2.05) is 28.1 Å². The molecule has 4 nitrogen and oxygen atoms in total. The minimum absolute atomic E-state index is 0.0244. The van der Waals surface area contributed by atoms with Gasteiger partial charge in [-0.05, 0) is 36.3 Å². The van der Waals surface area contributed by atoms with Gasteiger partial charge in [0.05, 0.1) is 5.39 Å². The van der Waals surface area contributed by atoms with Crippen LogP contribution in [0.3, 0.4) is 0 Å². The van der Waals surface area contributed by atoms with Crippen molar-refractivity contribution in [2.24, 2.45) is 0 Å². The largest absolute Gasteiger partial charge is 0.302 e. The molecule has 2 heterocycles. The van der Waals surface area contributed by atoms with Crippen LogP contribution in [0.4, 0.5) is 4.39 Å². The Labute approximate surface area is 185 Å². The van der Waals surface area contributed by atoms with Gasteiger partial charge in [-0.2, -0.15) is 0 Å². The van der Waals surface area contributed by atoms with E-state index in [1.165, 1.54) is 23.5 Å². The molecule has 0 atom stereocenters. The van der Waals surface area contributed by atoms with Crippen molar-refractivity contribution in [1.29, 1.82) is 0 Å². The number of rotatable bonds is 8. The minimum Gasteiger partial charge on any atom is -0.302 e. The smallest absolute Gasteiger partial charge is 0.262 e. The number of likely N-dealkylation sites (N-methyl/N-ethyl adjacent to an activating group) is 1. The van der Waals surface area contributed by atoms with Crippen molar-refractivity contribution < 1.29 is 4.39 Å². The zero-order chi connectivity index (χ0) is 21.8. The summed E-state index contributed by atoms with van der Waals surface area (Å²) in [6.07, 6.45) is 0.605. The molecule has 0 saturated carbocycles. The second-order valence-corrected chi connectivity index (χ2v) is 8.37. The van der Waals surface area contributed by atoms with Gasteiger partial charge in [-0.25, -0.2) is 9.37 Å². The van der Waals surface area contributed by atoms with Crippen LogP contribution in [-0.4, -0.2) is 34.1 Å². The molecule has 2 aromatic carbocycles. The summed E-state index contributed by atoms with van der Waals surface area (Å²) in [6.45, 7) is 7.51. The Morgan fingerprint density at radius 1 is 1.03 bits per heavy atom. The fraction of sp³-hybridized carbons (Fsp3) is 0.280. The van der Waals surface area contributed by atoms with E-state index in [0.717, 1.165) is 47.0 Å². The number of hydrogen-bond acceptors (Lipinski definition) is 4. The zero-order valence-corrected chi connectivity index (χ0v) is 18.7. The van der Waals surface area contributed by atoms with Crippen LogP contribution in [-0.2, 0) is 13.0 Å². The number of benzene rings is 2. The predicted molar refractivity (Wildman–Crippen MR) is 126 cm³/mol. The highest BCUT2D eigenvalue weighted by Gasteiger charge is 2.18. The fourth-order valence-electron chi connectivity index (χ4n) is 3.83. The summed E-state index contributed by atoms with van der Waals surface area (Å²) in [5, 5.41) is 2.57. The van der Waals surface area contributed by atoms with Gasteiger partial charge >= 0.3 is 0 Å². The molecular weight excluding hydrogens is 409 g/mol. The Morgan fingerprint density at radius 2 is 1.74 bits per heavy atom. The number of halogens is 1. The van der Waals surface area contributed by atoms with Gasteiger partial charge in [0.1, 0.15) is 16.5 Å². The Kier molecular flexibility index (Phi) is 6.59. The number of aromatic nitrogens is 2. The first-order valence-electron chi connectivity index (χ1n) is 10.6. The van der Waals surface area contributed by atoms with Crippen LogP contribution < -0.4 is 5.56 Å². The van der Waals surface area contributed by atoms with E-state index in [9.17, 15) is 9.18 Å². The van der Waals surface area contributed by atoms with Gasteiger partial charge in [-0.15, -0.1) is 11.3 Å². The summed E-state index contributed by atoms with van der Waals surface area (Å²) in [6, 6.07) is 16.4. The molecule has 2 aromatic heterocycles. The first-order chi connectivity index (χ1) is 15.1. The molecule has 0 aliphatic carbocycles. The zero-order valence-electron chi connectivity index (χ0n) is 17.8. The topological polar surface area (TPSA) is 38.1 Å². The van der Waals surface area contributed by atoms with E-state index in [4.69, 9.17) is 4.98 Å². The molecule has 0 aliphatic heterocycles. The van der Waals surface area contributed by atoms with Crippen LogP contribution in [0.1, 0.15) is 25.2 Å². The van der Waals surface area contributed by atoms with Gasteiger partial charge < -0.3 is 4.90 Å². The van der Waals surface area contributed by atoms with E-state index in [2.05, 4.69) is 30.9 Å². The lowest BCUT2D eigenvalue weighted by Crippen LogP contribution is -2.33. The van der Waals surface area contributed by atoms with Gasteiger partial charge in [-0.1, -0.05) is 56.3 Å². The number of hydrogen-bond donors (Lipinski definition) is 0. The summed E-state index contributed by atoms with van der Waals surface area (Å²) in [7, 11) is 0. The van der Waals surface area contributed by atoms with Gasteiger partial charge in [0.2, 0.25) is 0 Å². The standard InChI is InChI=1S/C25H26FN3OS/c1-3-28(4-2)14-15-29-22(16-18-8-6-5-7-9-18)27-24-23(25(29)30)21(17-31-24)19-10-12-20(26)13-11-19/h5-13,17H,3-4,14-16H2,1-2H3. The number of nitrogens with zero attached hydrogens (tertiary/aromatic N) is 3.